The van der Waals surface area contributed by atoms with Gasteiger partial charge in [0.15, 0.2) is 0 Å². The molecule has 8 heteroatoms. The van der Waals surface area contributed by atoms with Gasteiger partial charge in [-0.3, -0.25) is 0 Å². The van der Waals surface area contributed by atoms with E-state index in [1.165, 1.54) is 11.3 Å². The van der Waals surface area contributed by atoms with Crippen molar-refractivity contribution >= 4 is 27.0 Å². The Kier molecular flexibility index (Phi) is 4.36. The Labute approximate surface area is 119 Å². The molecule has 108 valence electrons. The number of nitrogens with two attached hydrogens (primary N) is 1. The van der Waals surface area contributed by atoms with Crippen molar-refractivity contribution in [3.05, 3.63) is 46.2 Å². The highest BCUT2D eigenvalue weighted by Gasteiger charge is 2.20. The molecule has 0 saturated heterocycles. The van der Waals surface area contributed by atoms with E-state index in [1.54, 1.807) is 0 Å². The fourth-order valence-electron chi connectivity index (χ4n) is 1.59. The maximum absolute atomic E-state index is 13.5. The summed E-state index contributed by atoms with van der Waals surface area (Å²) in [4.78, 5) is 0.356. The lowest BCUT2D eigenvalue weighted by Crippen LogP contribution is -2.27. The first kappa shape index (κ1) is 14.9. The average molecular weight is 318 g/mol. The molecule has 0 aliphatic carbocycles. The molecule has 1 aromatic heterocycles. The number of rotatable bonds is 5. The standard InChI is InChI=1S/C12H12F2N2O2S2/c13-9-6-10(14)12(7-11(9)15)20(17,18)16-4-3-8-2-1-5-19-8/h1-2,5-7,16H,3-4,15H2. The van der Waals surface area contributed by atoms with E-state index in [-0.39, 0.29) is 6.54 Å². The van der Waals surface area contributed by atoms with Crippen molar-refractivity contribution in [2.75, 3.05) is 12.3 Å². The highest BCUT2D eigenvalue weighted by atomic mass is 32.2. The number of hydrogen-bond acceptors (Lipinski definition) is 4. The normalized spacial score (nSPS) is 11.7. The van der Waals surface area contributed by atoms with Gasteiger partial charge >= 0.3 is 0 Å². The molecule has 0 atom stereocenters. The Morgan fingerprint density at radius 3 is 2.65 bits per heavy atom. The van der Waals surface area contributed by atoms with Crippen LogP contribution in [0.1, 0.15) is 4.88 Å². The van der Waals surface area contributed by atoms with Gasteiger partial charge in [-0.2, -0.15) is 0 Å². The number of halogens is 2. The van der Waals surface area contributed by atoms with Gasteiger partial charge in [-0.25, -0.2) is 21.9 Å². The maximum Gasteiger partial charge on any atom is 0.243 e. The highest BCUT2D eigenvalue weighted by molar-refractivity contribution is 7.89. The van der Waals surface area contributed by atoms with Crippen LogP contribution in [0.4, 0.5) is 14.5 Å². The molecule has 0 bridgehead atoms. The summed E-state index contributed by atoms with van der Waals surface area (Å²) in [6, 6.07) is 4.96. The second-order valence-electron chi connectivity index (χ2n) is 4.03. The molecule has 0 amide bonds. The zero-order valence-electron chi connectivity index (χ0n) is 10.3. The Morgan fingerprint density at radius 2 is 2.00 bits per heavy atom. The van der Waals surface area contributed by atoms with Crippen LogP contribution in [0.3, 0.4) is 0 Å². The van der Waals surface area contributed by atoms with Crippen LogP contribution < -0.4 is 10.5 Å². The van der Waals surface area contributed by atoms with E-state index in [9.17, 15) is 17.2 Å². The molecule has 1 aromatic carbocycles. The summed E-state index contributed by atoms with van der Waals surface area (Å²) in [5.41, 5.74) is 4.85. The van der Waals surface area contributed by atoms with Crippen LogP contribution in [0, 0.1) is 11.6 Å². The molecule has 2 aromatic rings. The Hall–Kier alpha value is -1.51. The van der Waals surface area contributed by atoms with Crippen molar-refractivity contribution in [3.8, 4) is 0 Å². The summed E-state index contributed by atoms with van der Waals surface area (Å²) in [5, 5.41) is 1.88. The third-order valence-electron chi connectivity index (χ3n) is 2.58. The molecular weight excluding hydrogens is 306 g/mol. The van der Waals surface area contributed by atoms with Crippen molar-refractivity contribution in [3.63, 3.8) is 0 Å². The van der Waals surface area contributed by atoms with Gasteiger partial charge in [0, 0.05) is 17.5 Å². The van der Waals surface area contributed by atoms with Crippen molar-refractivity contribution in [2.45, 2.75) is 11.3 Å². The van der Waals surface area contributed by atoms with Crippen LogP contribution >= 0.6 is 11.3 Å². The molecule has 0 saturated carbocycles. The van der Waals surface area contributed by atoms with Gasteiger partial charge in [-0.15, -0.1) is 11.3 Å². The quantitative estimate of drug-likeness (QED) is 0.830. The molecule has 0 unspecified atom stereocenters. The minimum Gasteiger partial charge on any atom is -0.396 e. The molecule has 0 spiro atoms. The third-order valence-corrected chi connectivity index (χ3v) is 5.00. The summed E-state index contributed by atoms with van der Waals surface area (Å²) in [7, 11) is -4.05. The van der Waals surface area contributed by atoms with Crippen molar-refractivity contribution < 1.29 is 17.2 Å². The molecule has 20 heavy (non-hydrogen) atoms. The lowest BCUT2D eigenvalue weighted by molar-refractivity contribution is 0.545. The first-order chi connectivity index (χ1) is 9.40. The highest BCUT2D eigenvalue weighted by Crippen LogP contribution is 2.20. The van der Waals surface area contributed by atoms with Gasteiger partial charge in [0.25, 0.3) is 0 Å². The van der Waals surface area contributed by atoms with Crippen LogP contribution in [0.15, 0.2) is 34.5 Å². The molecule has 4 nitrogen and oxygen atoms in total. The number of sulfonamides is 1. The monoisotopic (exact) mass is 318 g/mol. The number of nitrogen functional groups attached to an aromatic ring is 1. The third kappa shape index (κ3) is 3.33. The predicted octanol–water partition coefficient (Wildman–Crippen LogP) is 2.13. The predicted molar refractivity (Wildman–Crippen MR) is 74.0 cm³/mol. The van der Waals surface area contributed by atoms with E-state index in [0.29, 0.717) is 12.5 Å². The van der Waals surface area contributed by atoms with E-state index in [0.717, 1.165) is 10.9 Å². The Morgan fingerprint density at radius 1 is 1.25 bits per heavy atom. The van der Waals surface area contributed by atoms with E-state index in [1.807, 2.05) is 17.5 Å². The lowest BCUT2D eigenvalue weighted by Gasteiger charge is -2.08. The van der Waals surface area contributed by atoms with Crippen LogP contribution in [-0.2, 0) is 16.4 Å². The summed E-state index contributed by atoms with van der Waals surface area (Å²) < 4.78 is 52.6. The van der Waals surface area contributed by atoms with E-state index < -0.39 is 32.2 Å². The SMILES string of the molecule is Nc1cc(S(=O)(=O)NCCc2cccs2)c(F)cc1F. The largest absolute Gasteiger partial charge is 0.396 e. The molecule has 0 radical (unpaired) electrons. The fourth-order valence-corrected chi connectivity index (χ4v) is 3.42. The van der Waals surface area contributed by atoms with Crippen molar-refractivity contribution in [1.82, 2.24) is 4.72 Å². The molecule has 2 rings (SSSR count). The summed E-state index contributed by atoms with van der Waals surface area (Å²) in [5.74, 6) is -2.15. The van der Waals surface area contributed by atoms with E-state index in [2.05, 4.69) is 4.72 Å². The van der Waals surface area contributed by atoms with Gasteiger partial charge in [0.1, 0.15) is 16.5 Å². The number of benzene rings is 1. The van der Waals surface area contributed by atoms with Gasteiger partial charge < -0.3 is 5.73 Å². The number of anilines is 1. The van der Waals surface area contributed by atoms with Crippen molar-refractivity contribution in [2.24, 2.45) is 0 Å². The first-order valence-electron chi connectivity index (χ1n) is 5.67. The molecule has 0 aliphatic heterocycles. The van der Waals surface area contributed by atoms with Crippen molar-refractivity contribution in [1.29, 1.82) is 0 Å². The molecule has 3 N–H and O–H groups in total. The van der Waals surface area contributed by atoms with E-state index >= 15 is 0 Å². The van der Waals surface area contributed by atoms with Crippen LogP contribution in [0.2, 0.25) is 0 Å². The minimum atomic E-state index is -4.05. The Bertz CT molecular complexity index is 700. The average Bonchev–Trinajstić information content (AvgIpc) is 2.86. The van der Waals surface area contributed by atoms with Gasteiger partial charge in [-0.05, 0) is 23.9 Å². The topological polar surface area (TPSA) is 72.2 Å². The van der Waals surface area contributed by atoms with Gasteiger partial charge in [-0.1, -0.05) is 6.07 Å². The summed E-state index contributed by atoms with van der Waals surface area (Å²) in [6.07, 6.45) is 0.495. The van der Waals surface area contributed by atoms with Crippen LogP contribution in [0.5, 0.6) is 0 Å². The number of hydrogen-bond donors (Lipinski definition) is 2. The Balaban J connectivity index is 2.12. The summed E-state index contributed by atoms with van der Waals surface area (Å²) >= 11 is 1.50. The summed E-state index contributed by atoms with van der Waals surface area (Å²) in [6.45, 7) is 0.125. The number of nitrogens with one attached hydrogen (secondary N) is 1. The van der Waals surface area contributed by atoms with Gasteiger partial charge in [0.05, 0.1) is 5.69 Å². The first-order valence-corrected chi connectivity index (χ1v) is 8.03. The zero-order valence-corrected chi connectivity index (χ0v) is 11.9. The van der Waals surface area contributed by atoms with Gasteiger partial charge in [0.2, 0.25) is 10.0 Å². The number of thiophene rings is 1. The fraction of sp³-hybridized carbons (Fsp3) is 0.167. The second-order valence-corrected chi connectivity index (χ2v) is 6.80. The smallest absolute Gasteiger partial charge is 0.243 e. The van der Waals surface area contributed by atoms with E-state index in [4.69, 9.17) is 5.73 Å². The minimum absolute atomic E-state index is 0.125. The molecule has 0 fully saturated rings. The molecule has 0 aliphatic rings. The van der Waals surface area contributed by atoms with Crippen LogP contribution in [0.25, 0.3) is 0 Å². The second kappa shape index (κ2) is 5.86. The molecular formula is C12H12F2N2O2S2. The maximum atomic E-state index is 13.5. The zero-order chi connectivity index (χ0) is 14.8. The van der Waals surface area contributed by atoms with Crippen LogP contribution in [-0.4, -0.2) is 15.0 Å². The lowest BCUT2D eigenvalue weighted by atomic mass is 10.3. The molecule has 1 heterocycles.